The third-order valence-electron chi connectivity index (χ3n) is 4.21. The lowest BCUT2D eigenvalue weighted by Crippen LogP contribution is -2.40. The Morgan fingerprint density at radius 2 is 1.89 bits per heavy atom. The highest BCUT2D eigenvalue weighted by atomic mass is 127. The van der Waals surface area contributed by atoms with Crippen LogP contribution in [-0.2, 0) is 23.1 Å². The van der Waals surface area contributed by atoms with Gasteiger partial charge in [-0.25, -0.2) is 0 Å². The minimum Gasteiger partial charge on any atom is -0.454 e. The van der Waals surface area contributed by atoms with Gasteiger partial charge in [0.1, 0.15) is 0 Å². The van der Waals surface area contributed by atoms with Gasteiger partial charge in [0.15, 0.2) is 17.5 Å². The summed E-state index contributed by atoms with van der Waals surface area (Å²) in [6, 6.07) is 15.8. The van der Waals surface area contributed by atoms with Crippen molar-refractivity contribution in [2.24, 2.45) is 4.99 Å². The molecule has 6 nitrogen and oxygen atoms in total. The second kappa shape index (κ2) is 11.3. The van der Waals surface area contributed by atoms with Gasteiger partial charge in [-0.15, -0.1) is 24.0 Å². The van der Waals surface area contributed by atoms with E-state index in [-0.39, 0.29) is 30.8 Å². The Bertz CT molecular complexity index is 818. The first-order chi connectivity index (χ1) is 13.2. The summed E-state index contributed by atoms with van der Waals surface area (Å²) in [4.78, 5) is 6.34. The third kappa shape index (κ3) is 6.37. The second-order valence-corrected chi connectivity index (χ2v) is 7.87. The molecule has 3 rings (SSSR count). The zero-order valence-electron chi connectivity index (χ0n) is 16.1. The number of aliphatic imine (C=N–C) groups is 1. The van der Waals surface area contributed by atoms with Crippen LogP contribution in [0.2, 0.25) is 0 Å². The first-order valence-electron chi connectivity index (χ1n) is 8.85. The number of benzene rings is 2. The third-order valence-corrected chi connectivity index (χ3v) is 5.53. The number of fused-ring (bicyclic) bond motifs is 1. The van der Waals surface area contributed by atoms with Gasteiger partial charge in [0.2, 0.25) is 6.79 Å². The Morgan fingerprint density at radius 3 is 2.64 bits per heavy atom. The van der Waals surface area contributed by atoms with Crippen LogP contribution >= 0.6 is 24.0 Å². The Kier molecular flexibility index (Phi) is 9.04. The van der Waals surface area contributed by atoms with Crippen molar-refractivity contribution in [1.29, 1.82) is 0 Å². The van der Waals surface area contributed by atoms with Crippen molar-refractivity contribution in [3.63, 3.8) is 0 Å². The molecule has 152 valence electrons. The summed E-state index contributed by atoms with van der Waals surface area (Å²) in [5, 5.41) is 3.29. The van der Waals surface area contributed by atoms with Crippen LogP contribution in [0, 0.1) is 0 Å². The summed E-state index contributed by atoms with van der Waals surface area (Å²) in [5.74, 6) is 3.48. The van der Waals surface area contributed by atoms with Crippen LogP contribution in [0.15, 0.2) is 53.5 Å². The molecule has 1 heterocycles. The standard InChI is InChI=1S/C20H25N3O3S.HI/c1-21-20(22-10-11-27(24)14-16-6-4-3-5-7-16)23(2)13-17-8-9-18-19(12-17)26-15-25-18;/h3-9,12H,10-11,13-15H2,1-2H3,(H,21,22);1H. The highest BCUT2D eigenvalue weighted by Crippen LogP contribution is 2.32. The molecule has 0 saturated heterocycles. The molecule has 1 N–H and O–H groups in total. The monoisotopic (exact) mass is 515 g/mol. The molecule has 1 atom stereocenters. The zero-order valence-corrected chi connectivity index (χ0v) is 19.2. The first-order valence-corrected chi connectivity index (χ1v) is 10.3. The lowest BCUT2D eigenvalue weighted by Gasteiger charge is -2.22. The summed E-state index contributed by atoms with van der Waals surface area (Å²) in [7, 11) is 2.82. The fourth-order valence-electron chi connectivity index (χ4n) is 2.88. The van der Waals surface area contributed by atoms with Crippen molar-refractivity contribution in [3.8, 4) is 11.5 Å². The number of nitrogens with zero attached hydrogens (tertiary/aromatic N) is 2. The van der Waals surface area contributed by atoms with Gasteiger partial charge in [0, 0.05) is 49.5 Å². The molecular weight excluding hydrogens is 489 g/mol. The summed E-state index contributed by atoms with van der Waals surface area (Å²) >= 11 is 0. The highest BCUT2D eigenvalue weighted by molar-refractivity contribution is 14.0. The quantitative estimate of drug-likeness (QED) is 0.349. The van der Waals surface area contributed by atoms with Gasteiger partial charge in [-0.1, -0.05) is 36.4 Å². The number of nitrogens with one attached hydrogen (secondary N) is 1. The van der Waals surface area contributed by atoms with E-state index in [1.807, 2.05) is 60.5 Å². The number of ether oxygens (including phenoxy) is 2. The molecule has 0 radical (unpaired) electrons. The topological polar surface area (TPSA) is 63.2 Å². The van der Waals surface area contributed by atoms with E-state index in [9.17, 15) is 4.21 Å². The van der Waals surface area contributed by atoms with Crippen molar-refractivity contribution < 1.29 is 13.7 Å². The average Bonchev–Trinajstić information content (AvgIpc) is 3.13. The predicted octanol–water partition coefficient (Wildman–Crippen LogP) is 2.99. The fraction of sp³-hybridized carbons (Fsp3) is 0.350. The van der Waals surface area contributed by atoms with Crippen LogP contribution in [0.1, 0.15) is 11.1 Å². The van der Waals surface area contributed by atoms with E-state index < -0.39 is 10.8 Å². The molecule has 0 aromatic heterocycles. The normalized spacial score (nSPS) is 13.6. The van der Waals surface area contributed by atoms with E-state index in [4.69, 9.17) is 9.47 Å². The first kappa shape index (κ1) is 22.5. The number of guanidine groups is 1. The molecule has 28 heavy (non-hydrogen) atoms. The summed E-state index contributed by atoms with van der Waals surface area (Å²) in [6.45, 7) is 1.57. The van der Waals surface area contributed by atoms with Gasteiger partial charge < -0.3 is 19.7 Å². The molecule has 1 unspecified atom stereocenters. The molecule has 0 saturated carbocycles. The molecular formula is C20H26IN3O3S. The van der Waals surface area contributed by atoms with Crippen LogP contribution in [0.25, 0.3) is 0 Å². The van der Waals surface area contributed by atoms with Crippen LogP contribution in [0.4, 0.5) is 0 Å². The maximum Gasteiger partial charge on any atom is 0.231 e. The molecule has 1 aliphatic rings. The SMILES string of the molecule is CN=C(NCCS(=O)Cc1ccccc1)N(C)Cc1ccc2c(c1)OCO2.I. The van der Waals surface area contributed by atoms with Crippen LogP contribution in [-0.4, -0.2) is 48.3 Å². The minimum atomic E-state index is -0.907. The van der Waals surface area contributed by atoms with Crippen LogP contribution in [0.3, 0.4) is 0 Å². The Labute approximate surface area is 185 Å². The summed E-state index contributed by atoms with van der Waals surface area (Å²) in [6.07, 6.45) is 0. The number of hydrogen-bond donors (Lipinski definition) is 1. The van der Waals surface area contributed by atoms with Crippen molar-refractivity contribution in [3.05, 3.63) is 59.7 Å². The van der Waals surface area contributed by atoms with Gasteiger partial charge in [0.05, 0.1) is 0 Å². The van der Waals surface area contributed by atoms with Gasteiger partial charge in [-0.3, -0.25) is 9.20 Å². The van der Waals surface area contributed by atoms with E-state index in [2.05, 4.69) is 10.3 Å². The van der Waals surface area contributed by atoms with Gasteiger partial charge >= 0.3 is 0 Å². The van der Waals surface area contributed by atoms with Crippen molar-refractivity contribution in [1.82, 2.24) is 10.2 Å². The maximum atomic E-state index is 12.2. The van der Waals surface area contributed by atoms with Gasteiger partial charge in [0.25, 0.3) is 0 Å². The van der Waals surface area contributed by atoms with E-state index in [1.54, 1.807) is 7.05 Å². The summed E-state index contributed by atoms with van der Waals surface area (Å²) in [5.41, 5.74) is 2.21. The average molecular weight is 515 g/mol. The Hall–Kier alpha value is -1.81. The molecule has 2 aromatic carbocycles. The zero-order chi connectivity index (χ0) is 19.1. The Morgan fingerprint density at radius 1 is 1.14 bits per heavy atom. The van der Waals surface area contributed by atoms with E-state index >= 15 is 0 Å². The molecule has 0 spiro atoms. The maximum absolute atomic E-state index is 12.2. The number of hydrogen-bond acceptors (Lipinski definition) is 4. The van der Waals surface area contributed by atoms with E-state index in [0.29, 0.717) is 24.6 Å². The predicted molar refractivity (Wildman–Crippen MR) is 124 cm³/mol. The summed E-state index contributed by atoms with van der Waals surface area (Å²) < 4.78 is 23.0. The second-order valence-electron chi connectivity index (χ2n) is 6.29. The van der Waals surface area contributed by atoms with Gasteiger partial charge in [-0.2, -0.15) is 0 Å². The lowest BCUT2D eigenvalue weighted by molar-refractivity contribution is 0.174. The van der Waals surface area contributed by atoms with Crippen molar-refractivity contribution >= 4 is 40.7 Å². The van der Waals surface area contributed by atoms with Crippen molar-refractivity contribution in [2.75, 3.05) is 33.2 Å². The lowest BCUT2D eigenvalue weighted by atomic mass is 10.2. The smallest absolute Gasteiger partial charge is 0.231 e. The van der Waals surface area contributed by atoms with Crippen LogP contribution < -0.4 is 14.8 Å². The molecule has 2 aromatic rings. The van der Waals surface area contributed by atoms with E-state index in [1.165, 1.54) is 0 Å². The van der Waals surface area contributed by atoms with Crippen LogP contribution in [0.5, 0.6) is 11.5 Å². The fourth-order valence-corrected chi connectivity index (χ4v) is 3.92. The number of halogens is 1. The highest BCUT2D eigenvalue weighted by Gasteiger charge is 2.14. The van der Waals surface area contributed by atoms with E-state index in [0.717, 1.165) is 28.6 Å². The Balaban J connectivity index is 0.00000280. The van der Waals surface area contributed by atoms with Gasteiger partial charge in [-0.05, 0) is 23.3 Å². The largest absolute Gasteiger partial charge is 0.454 e. The minimum absolute atomic E-state index is 0. The van der Waals surface area contributed by atoms with Crippen molar-refractivity contribution in [2.45, 2.75) is 12.3 Å². The molecule has 8 heteroatoms. The molecule has 0 amide bonds. The molecule has 0 bridgehead atoms. The number of rotatable bonds is 7. The molecule has 1 aliphatic heterocycles. The molecule has 0 aliphatic carbocycles. The molecule has 0 fully saturated rings.